The lowest BCUT2D eigenvalue weighted by Gasteiger charge is -2.09. The lowest BCUT2D eigenvalue weighted by atomic mass is 10.1. The number of nitrogens with zero attached hydrogens (tertiary/aromatic N) is 2. The van der Waals surface area contributed by atoms with Gasteiger partial charge >= 0.3 is 0 Å². The van der Waals surface area contributed by atoms with E-state index in [1.807, 2.05) is 0 Å². The van der Waals surface area contributed by atoms with Crippen LogP contribution in [0.3, 0.4) is 0 Å². The van der Waals surface area contributed by atoms with Gasteiger partial charge in [0.2, 0.25) is 0 Å². The molecular formula is C10H15N3. The highest BCUT2D eigenvalue weighted by molar-refractivity contribution is 5.29. The minimum absolute atomic E-state index is 0.849. The Morgan fingerprint density at radius 2 is 2.15 bits per heavy atom. The molecule has 1 saturated carbocycles. The molecule has 1 aliphatic carbocycles. The highest BCUT2D eigenvalue weighted by Crippen LogP contribution is 2.24. The number of nitrogens with one attached hydrogen (secondary N) is 1. The van der Waals surface area contributed by atoms with Crippen LogP contribution in [0.5, 0.6) is 0 Å². The highest BCUT2D eigenvalue weighted by atomic mass is 15.0. The van der Waals surface area contributed by atoms with Gasteiger partial charge in [-0.2, -0.15) is 0 Å². The predicted molar refractivity (Wildman–Crippen MR) is 52.5 cm³/mol. The Balaban J connectivity index is 1.79. The smallest absolute Gasteiger partial charge is 0.144 e. The van der Waals surface area contributed by atoms with Crippen molar-refractivity contribution in [3.05, 3.63) is 18.6 Å². The van der Waals surface area contributed by atoms with Gasteiger partial charge in [0.15, 0.2) is 0 Å². The fourth-order valence-electron chi connectivity index (χ4n) is 1.85. The van der Waals surface area contributed by atoms with Gasteiger partial charge in [0.05, 0.1) is 6.20 Å². The Morgan fingerprint density at radius 1 is 1.31 bits per heavy atom. The Morgan fingerprint density at radius 3 is 2.85 bits per heavy atom. The number of anilines is 1. The molecule has 0 unspecified atom stereocenters. The van der Waals surface area contributed by atoms with E-state index in [-0.39, 0.29) is 0 Å². The summed E-state index contributed by atoms with van der Waals surface area (Å²) in [7, 11) is 0. The summed E-state index contributed by atoms with van der Waals surface area (Å²) in [4.78, 5) is 8.17. The zero-order valence-electron chi connectivity index (χ0n) is 7.74. The third kappa shape index (κ3) is 2.41. The zero-order chi connectivity index (χ0) is 8.93. The minimum atomic E-state index is 0.849. The Kier molecular flexibility index (Phi) is 2.75. The van der Waals surface area contributed by atoms with E-state index in [0.29, 0.717) is 0 Å². The summed E-state index contributed by atoms with van der Waals surface area (Å²) >= 11 is 0. The predicted octanol–water partition coefficient (Wildman–Crippen LogP) is 2.08. The molecule has 1 fully saturated rings. The summed E-state index contributed by atoms with van der Waals surface area (Å²) in [5.41, 5.74) is 0. The molecule has 0 aliphatic heterocycles. The molecule has 0 atom stereocenters. The van der Waals surface area contributed by atoms with Crippen molar-refractivity contribution in [3.63, 3.8) is 0 Å². The monoisotopic (exact) mass is 177 g/mol. The Bertz CT molecular complexity index is 242. The molecule has 3 heteroatoms. The second-order valence-corrected chi connectivity index (χ2v) is 3.62. The number of rotatable bonds is 3. The lowest BCUT2D eigenvalue weighted by molar-refractivity contribution is 0.579. The van der Waals surface area contributed by atoms with Gasteiger partial charge in [-0.05, 0) is 18.8 Å². The van der Waals surface area contributed by atoms with Gasteiger partial charge in [-0.1, -0.05) is 12.8 Å². The van der Waals surface area contributed by atoms with E-state index >= 15 is 0 Å². The molecule has 13 heavy (non-hydrogen) atoms. The molecule has 3 nitrogen and oxygen atoms in total. The van der Waals surface area contributed by atoms with Crippen molar-refractivity contribution in [3.8, 4) is 0 Å². The first-order valence-corrected chi connectivity index (χ1v) is 4.95. The van der Waals surface area contributed by atoms with Gasteiger partial charge in [0.25, 0.3) is 0 Å². The Hall–Kier alpha value is -1.12. The molecule has 0 radical (unpaired) electrons. The van der Waals surface area contributed by atoms with Gasteiger partial charge in [-0.25, -0.2) is 4.98 Å². The van der Waals surface area contributed by atoms with E-state index in [4.69, 9.17) is 0 Å². The van der Waals surface area contributed by atoms with Crippen LogP contribution in [0.1, 0.15) is 25.7 Å². The topological polar surface area (TPSA) is 37.8 Å². The molecule has 1 aromatic heterocycles. The summed E-state index contributed by atoms with van der Waals surface area (Å²) in [5, 5.41) is 3.31. The average Bonchev–Trinajstić information content (AvgIpc) is 2.69. The molecule has 1 aliphatic rings. The minimum Gasteiger partial charge on any atom is -0.369 e. The van der Waals surface area contributed by atoms with Crippen LogP contribution in [0.15, 0.2) is 18.6 Å². The van der Waals surface area contributed by atoms with Gasteiger partial charge in [0, 0.05) is 18.9 Å². The second-order valence-electron chi connectivity index (χ2n) is 3.62. The maximum absolute atomic E-state index is 4.17. The Labute approximate surface area is 78.6 Å². The van der Waals surface area contributed by atoms with Crippen LogP contribution < -0.4 is 5.32 Å². The van der Waals surface area contributed by atoms with Crippen LogP contribution in [0, 0.1) is 5.92 Å². The molecule has 1 N–H and O–H groups in total. The quantitative estimate of drug-likeness (QED) is 0.768. The summed E-state index contributed by atoms with van der Waals surface area (Å²) in [6, 6.07) is 0. The van der Waals surface area contributed by atoms with Crippen molar-refractivity contribution >= 4 is 5.82 Å². The van der Waals surface area contributed by atoms with Crippen LogP contribution in [0.2, 0.25) is 0 Å². The fraction of sp³-hybridized carbons (Fsp3) is 0.600. The number of hydrogen-bond acceptors (Lipinski definition) is 3. The van der Waals surface area contributed by atoms with Gasteiger partial charge < -0.3 is 5.32 Å². The van der Waals surface area contributed by atoms with Crippen molar-refractivity contribution in [2.24, 2.45) is 5.92 Å². The summed E-state index contributed by atoms with van der Waals surface area (Å²) in [6.07, 6.45) is 10.7. The fourth-order valence-corrected chi connectivity index (χ4v) is 1.85. The van der Waals surface area contributed by atoms with Crippen LogP contribution in [-0.4, -0.2) is 16.5 Å². The van der Waals surface area contributed by atoms with Crippen LogP contribution in [0.25, 0.3) is 0 Å². The summed E-state index contributed by atoms with van der Waals surface area (Å²) < 4.78 is 0. The maximum Gasteiger partial charge on any atom is 0.144 e. The van der Waals surface area contributed by atoms with Crippen molar-refractivity contribution in [2.75, 3.05) is 11.9 Å². The van der Waals surface area contributed by atoms with Gasteiger partial charge in [0.1, 0.15) is 5.82 Å². The normalized spacial score (nSPS) is 17.5. The van der Waals surface area contributed by atoms with E-state index in [2.05, 4.69) is 15.3 Å². The summed E-state index contributed by atoms with van der Waals surface area (Å²) in [6.45, 7) is 1.05. The van der Waals surface area contributed by atoms with E-state index in [9.17, 15) is 0 Å². The molecule has 0 amide bonds. The molecule has 1 heterocycles. The average molecular weight is 177 g/mol. The largest absolute Gasteiger partial charge is 0.369 e. The first kappa shape index (κ1) is 8.48. The SMILES string of the molecule is c1cnc(NCC2CCCC2)cn1. The highest BCUT2D eigenvalue weighted by Gasteiger charge is 2.14. The molecular weight excluding hydrogens is 162 g/mol. The molecule has 0 bridgehead atoms. The molecule has 0 spiro atoms. The first-order chi connectivity index (χ1) is 6.45. The van der Waals surface area contributed by atoms with Gasteiger partial charge in [-0.3, -0.25) is 4.98 Å². The maximum atomic E-state index is 4.17. The molecule has 0 aromatic carbocycles. The second kappa shape index (κ2) is 4.21. The molecule has 2 rings (SSSR count). The van der Waals surface area contributed by atoms with Crippen molar-refractivity contribution < 1.29 is 0 Å². The number of aromatic nitrogens is 2. The molecule has 0 saturated heterocycles. The summed E-state index contributed by atoms with van der Waals surface area (Å²) in [5.74, 6) is 1.75. The number of hydrogen-bond donors (Lipinski definition) is 1. The van der Waals surface area contributed by atoms with E-state index in [1.54, 1.807) is 18.6 Å². The zero-order valence-corrected chi connectivity index (χ0v) is 7.74. The van der Waals surface area contributed by atoms with Crippen LogP contribution >= 0.6 is 0 Å². The van der Waals surface area contributed by atoms with Crippen molar-refractivity contribution in [1.29, 1.82) is 0 Å². The third-order valence-corrected chi connectivity index (χ3v) is 2.61. The van der Waals surface area contributed by atoms with Crippen LogP contribution in [0.4, 0.5) is 5.82 Å². The molecule has 1 aromatic rings. The standard InChI is InChI=1S/C10H15N3/c1-2-4-9(3-1)7-13-10-8-11-5-6-12-10/h5-6,8-9H,1-4,7H2,(H,12,13). The van der Waals surface area contributed by atoms with Gasteiger partial charge in [-0.15, -0.1) is 0 Å². The van der Waals surface area contributed by atoms with E-state index in [1.165, 1.54) is 25.7 Å². The van der Waals surface area contributed by atoms with Crippen molar-refractivity contribution in [1.82, 2.24) is 9.97 Å². The first-order valence-electron chi connectivity index (χ1n) is 4.95. The van der Waals surface area contributed by atoms with Crippen molar-refractivity contribution in [2.45, 2.75) is 25.7 Å². The third-order valence-electron chi connectivity index (χ3n) is 2.61. The van der Waals surface area contributed by atoms with Crippen LogP contribution in [-0.2, 0) is 0 Å². The van der Waals surface area contributed by atoms with E-state index in [0.717, 1.165) is 18.3 Å². The lowest BCUT2D eigenvalue weighted by Crippen LogP contribution is -2.11. The molecule has 70 valence electrons. The van der Waals surface area contributed by atoms with E-state index < -0.39 is 0 Å².